The summed E-state index contributed by atoms with van der Waals surface area (Å²) in [5.74, 6) is 2.42. The Balaban J connectivity index is 2.63. The van der Waals surface area contributed by atoms with Gasteiger partial charge >= 0.3 is 0 Å². The minimum absolute atomic E-state index is 0.602. The molecular formula is C14H21BrO2. The zero-order valence-corrected chi connectivity index (χ0v) is 12.4. The molecule has 1 atom stereocenters. The number of ether oxygens (including phenoxy) is 2. The summed E-state index contributed by atoms with van der Waals surface area (Å²) in [6, 6.07) is 5.93. The molecule has 96 valence electrons. The van der Waals surface area contributed by atoms with Gasteiger partial charge in [-0.3, -0.25) is 0 Å². The quantitative estimate of drug-likeness (QED) is 0.695. The zero-order valence-electron chi connectivity index (χ0n) is 10.8. The van der Waals surface area contributed by atoms with E-state index in [0.29, 0.717) is 5.92 Å². The Kier molecular flexibility index (Phi) is 6.41. The van der Waals surface area contributed by atoms with Gasteiger partial charge in [0.1, 0.15) is 11.5 Å². The second kappa shape index (κ2) is 7.59. The van der Waals surface area contributed by atoms with Crippen LogP contribution in [-0.4, -0.2) is 13.7 Å². The molecule has 0 radical (unpaired) electrons. The highest BCUT2D eigenvalue weighted by Crippen LogP contribution is 2.26. The first-order valence-electron chi connectivity index (χ1n) is 6.06. The molecule has 0 saturated carbocycles. The molecule has 0 spiro atoms. The van der Waals surface area contributed by atoms with Crippen LogP contribution in [0.1, 0.15) is 32.3 Å². The molecule has 2 nitrogen and oxygen atoms in total. The number of benzene rings is 1. The fraction of sp³-hybridized carbons (Fsp3) is 0.571. The summed E-state index contributed by atoms with van der Waals surface area (Å²) in [5.41, 5.74) is 1.13. The van der Waals surface area contributed by atoms with Crippen LogP contribution in [0.15, 0.2) is 18.2 Å². The average molecular weight is 301 g/mol. The Morgan fingerprint density at radius 2 is 2.12 bits per heavy atom. The van der Waals surface area contributed by atoms with Gasteiger partial charge in [0, 0.05) is 10.9 Å². The van der Waals surface area contributed by atoms with Gasteiger partial charge in [-0.2, -0.15) is 0 Å². The van der Waals surface area contributed by atoms with E-state index in [2.05, 4.69) is 29.8 Å². The van der Waals surface area contributed by atoms with Crippen LogP contribution in [0.5, 0.6) is 11.5 Å². The lowest BCUT2D eigenvalue weighted by Crippen LogP contribution is -2.09. The molecule has 1 aromatic carbocycles. The maximum atomic E-state index is 5.86. The molecule has 17 heavy (non-hydrogen) atoms. The van der Waals surface area contributed by atoms with E-state index in [1.54, 1.807) is 7.11 Å². The number of alkyl halides is 1. The third kappa shape index (κ3) is 4.58. The molecule has 1 unspecified atom stereocenters. The summed E-state index contributed by atoms with van der Waals surface area (Å²) in [6.07, 6.45) is 2.41. The van der Waals surface area contributed by atoms with E-state index in [1.165, 1.54) is 12.8 Å². The Bertz CT molecular complexity index is 339. The molecule has 0 amide bonds. The predicted molar refractivity (Wildman–Crippen MR) is 75.2 cm³/mol. The summed E-state index contributed by atoms with van der Waals surface area (Å²) >= 11 is 3.47. The van der Waals surface area contributed by atoms with Crippen LogP contribution in [0.2, 0.25) is 0 Å². The van der Waals surface area contributed by atoms with E-state index < -0.39 is 0 Å². The van der Waals surface area contributed by atoms with Gasteiger partial charge < -0.3 is 9.47 Å². The Morgan fingerprint density at radius 1 is 1.35 bits per heavy atom. The molecule has 0 N–H and O–H groups in total. The van der Waals surface area contributed by atoms with Crippen molar-refractivity contribution in [3.63, 3.8) is 0 Å². The molecule has 0 aliphatic heterocycles. The monoisotopic (exact) mass is 300 g/mol. The third-order valence-corrected chi connectivity index (χ3v) is 3.32. The van der Waals surface area contributed by atoms with E-state index in [4.69, 9.17) is 9.47 Å². The Hall–Kier alpha value is -0.700. The summed E-state index contributed by atoms with van der Waals surface area (Å²) in [5, 5.41) is 0.779. The smallest absolute Gasteiger partial charge is 0.123 e. The van der Waals surface area contributed by atoms with Crippen LogP contribution in [0, 0.1) is 5.92 Å². The largest absolute Gasteiger partial charge is 0.497 e. The molecule has 0 bridgehead atoms. The summed E-state index contributed by atoms with van der Waals surface area (Å²) < 4.78 is 11.1. The third-order valence-electron chi connectivity index (χ3n) is 2.72. The van der Waals surface area contributed by atoms with Gasteiger partial charge in [-0.25, -0.2) is 0 Å². The first kappa shape index (κ1) is 14.4. The molecular weight excluding hydrogens is 280 g/mol. The molecule has 0 aliphatic carbocycles. The fourth-order valence-electron chi connectivity index (χ4n) is 1.74. The van der Waals surface area contributed by atoms with Crippen molar-refractivity contribution in [1.29, 1.82) is 0 Å². The van der Waals surface area contributed by atoms with Gasteiger partial charge in [0.15, 0.2) is 0 Å². The molecule has 3 heteroatoms. The van der Waals surface area contributed by atoms with Crippen LogP contribution in [-0.2, 0) is 5.33 Å². The van der Waals surface area contributed by atoms with Gasteiger partial charge in [-0.05, 0) is 30.5 Å². The SMILES string of the molecule is CCCC(C)COc1ccc(OC)cc1CBr. The van der Waals surface area contributed by atoms with Gasteiger partial charge in [0.25, 0.3) is 0 Å². The molecule has 1 aromatic rings. The lowest BCUT2D eigenvalue weighted by Gasteiger charge is -2.15. The number of halogens is 1. The second-order valence-electron chi connectivity index (χ2n) is 4.31. The lowest BCUT2D eigenvalue weighted by atomic mass is 10.1. The van der Waals surface area contributed by atoms with Crippen molar-refractivity contribution in [3.8, 4) is 11.5 Å². The number of hydrogen-bond acceptors (Lipinski definition) is 2. The molecule has 0 saturated heterocycles. The first-order chi connectivity index (χ1) is 8.21. The van der Waals surface area contributed by atoms with E-state index in [-0.39, 0.29) is 0 Å². The molecule has 0 aromatic heterocycles. The zero-order chi connectivity index (χ0) is 12.7. The summed E-state index contributed by atoms with van der Waals surface area (Å²) in [6.45, 7) is 5.20. The van der Waals surface area contributed by atoms with Crippen LogP contribution in [0.3, 0.4) is 0 Å². The van der Waals surface area contributed by atoms with Crippen molar-refractivity contribution in [2.24, 2.45) is 5.92 Å². The molecule has 0 heterocycles. The Morgan fingerprint density at radius 3 is 2.71 bits per heavy atom. The fourth-order valence-corrected chi connectivity index (χ4v) is 2.17. The second-order valence-corrected chi connectivity index (χ2v) is 4.87. The van der Waals surface area contributed by atoms with Gasteiger partial charge in [0.05, 0.1) is 13.7 Å². The predicted octanol–water partition coefficient (Wildman–Crippen LogP) is 4.41. The van der Waals surface area contributed by atoms with E-state index >= 15 is 0 Å². The molecule has 1 rings (SSSR count). The number of hydrogen-bond donors (Lipinski definition) is 0. The Labute approximate surface area is 112 Å². The summed E-state index contributed by atoms with van der Waals surface area (Å²) in [7, 11) is 1.68. The van der Waals surface area contributed by atoms with E-state index in [9.17, 15) is 0 Å². The first-order valence-corrected chi connectivity index (χ1v) is 7.19. The van der Waals surface area contributed by atoms with Gasteiger partial charge in [-0.1, -0.05) is 36.2 Å². The van der Waals surface area contributed by atoms with Gasteiger partial charge in [0.2, 0.25) is 0 Å². The van der Waals surface area contributed by atoms with Crippen molar-refractivity contribution >= 4 is 15.9 Å². The molecule has 0 aliphatic rings. The number of rotatable bonds is 7. The highest BCUT2D eigenvalue weighted by Gasteiger charge is 2.07. The van der Waals surface area contributed by atoms with Crippen LogP contribution in [0.25, 0.3) is 0 Å². The van der Waals surface area contributed by atoms with Crippen LogP contribution >= 0.6 is 15.9 Å². The highest BCUT2D eigenvalue weighted by molar-refractivity contribution is 9.08. The van der Waals surface area contributed by atoms with Crippen molar-refractivity contribution in [2.45, 2.75) is 32.0 Å². The van der Waals surface area contributed by atoms with Crippen LogP contribution in [0.4, 0.5) is 0 Å². The average Bonchev–Trinajstić information content (AvgIpc) is 2.36. The molecule has 0 fully saturated rings. The minimum atomic E-state index is 0.602. The van der Waals surface area contributed by atoms with Gasteiger partial charge in [-0.15, -0.1) is 0 Å². The van der Waals surface area contributed by atoms with Crippen molar-refractivity contribution in [1.82, 2.24) is 0 Å². The maximum absolute atomic E-state index is 5.86. The standard InChI is InChI=1S/C14H21BrO2/c1-4-5-11(2)10-17-14-7-6-13(16-3)8-12(14)9-15/h6-8,11H,4-5,9-10H2,1-3H3. The summed E-state index contributed by atoms with van der Waals surface area (Å²) in [4.78, 5) is 0. The van der Waals surface area contributed by atoms with E-state index in [0.717, 1.165) is 29.0 Å². The minimum Gasteiger partial charge on any atom is -0.497 e. The lowest BCUT2D eigenvalue weighted by molar-refractivity contribution is 0.249. The van der Waals surface area contributed by atoms with Crippen LogP contribution < -0.4 is 9.47 Å². The maximum Gasteiger partial charge on any atom is 0.123 e. The number of methoxy groups -OCH3 is 1. The topological polar surface area (TPSA) is 18.5 Å². The van der Waals surface area contributed by atoms with E-state index in [1.807, 2.05) is 18.2 Å². The highest BCUT2D eigenvalue weighted by atomic mass is 79.9. The van der Waals surface area contributed by atoms with Crippen molar-refractivity contribution in [3.05, 3.63) is 23.8 Å². The normalized spacial score (nSPS) is 12.2. The van der Waals surface area contributed by atoms with Crippen molar-refractivity contribution in [2.75, 3.05) is 13.7 Å². The van der Waals surface area contributed by atoms with Crippen molar-refractivity contribution < 1.29 is 9.47 Å².